The number of alkyl halides is 3. The predicted molar refractivity (Wildman–Crippen MR) is 95.2 cm³/mol. The maximum Gasteiger partial charge on any atom is 0.416 e. The summed E-state index contributed by atoms with van der Waals surface area (Å²) >= 11 is 0. The Kier molecular flexibility index (Phi) is 6.32. The number of nitrogens with one attached hydrogen (secondary N) is 1. The molecular weight excluding hydrogens is 377 g/mol. The van der Waals surface area contributed by atoms with Gasteiger partial charge in [0, 0.05) is 25.8 Å². The number of benzene rings is 1. The average molecular weight is 398 g/mol. The number of carbonyl (C=O) groups excluding carboxylic acids is 1. The van der Waals surface area contributed by atoms with E-state index in [0.717, 1.165) is 11.0 Å². The van der Waals surface area contributed by atoms with Crippen molar-refractivity contribution in [1.82, 2.24) is 20.0 Å². The zero-order chi connectivity index (χ0) is 21.1. The number of aryl methyl sites for hydroxylation is 2. The fourth-order valence-electron chi connectivity index (χ4n) is 2.68. The summed E-state index contributed by atoms with van der Waals surface area (Å²) < 4.78 is 42.0. The number of hydrogen-bond acceptors (Lipinski definition) is 3. The highest BCUT2D eigenvalue weighted by Gasteiger charge is 2.34. The first kappa shape index (κ1) is 21.3. The standard InChI is InChI=1S/C18H21F3N4O3/c1-11-8-12(2)25(23-11)14-5-4-13(15(9-14)18(19,20)21)10-22-17(28)24(3)7-6-16(26)27/h4-5,8-9H,6-7,10H2,1-3H3,(H,22,28)(H,26,27). The van der Waals surface area contributed by atoms with Gasteiger partial charge >= 0.3 is 18.2 Å². The summed E-state index contributed by atoms with van der Waals surface area (Å²) in [4.78, 5) is 23.6. The Balaban J connectivity index is 2.21. The number of hydrogen-bond donors (Lipinski definition) is 2. The maximum absolute atomic E-state index is 13.5. The van der Waals surface area contributed by atoms with Gasteiger partial charge in [-0.3, -0.25) is 4.79 Å². The van der Waals surface area contributed by atoms with E-state index in [0.29, 0.717) is 11.4 Å². The quantitative estimate of drug-likeness (QED) is 0.783. The number of amides is 2. The number of carboxylic acid groups (broad SMARTS) is 1. The molecule has 0 spiro atoms. The van der Waals surface area contributed by atoms with Gasteiger partial charge in [0.2, 0.25) is 0 Å². The van der Waals surface area contributed by atoms with Crippen molar-refractivity contribution in [2.45, 2.75) is 33.0 Å². The molecule has 1 aromatic heterocycles. The predicted octanol–water partition coefficient (Wildman–Crippen LogP) is 3.12. The van der Waals surface area contributed by atoms with E-state index in [1.54, 1.807) is 19.9 Å². The summed E-state index contributed by atoms with van der Waals surface area (Å²) in [6.45, 7) is 3.10. The second kappa shape index (κ2) is 8.32. The highest BCUT2D eigenvalue weighted by atomic mass is 19.4. The van der Waals surface area contributed by atoms with Gasteiger partial charge in [-0.05, 0) is 37.6 Å². The van der Waals surface area contributed by atoms with E-state index in [2.05, 4.69) is 10.4 Å². The van der Waals surface area contributed by atoms with Crippen molar-refractivity contribution in [2.24, 2.45) is 0 Å². The molecule has 1 heterocycles. The number of halogens is 3. The number of nitrogens with zero attached hydrogens (tertiary/aromatic N) is 3. The molecule has 0 radical (unpaired) electrons. The van der Waals surface area contributed by atoms with Crippen LogP contribution in [0.3, 0.4) is 0 Å². The smallest absolute Gasteiger partial charge is 0.416 e. The molecule has 0 aliphatic heterocycles. The summed E-state index contributed by atoms with van der Waals surface area (Å²) in [5, 5.41) is 15.2. The fourth-order valence-corrected chi connectivity index (χ4v) is 2.68. The number of carbonyl (C=O) groups is 2. The third-order valence-electron chi connectivity index (χ3n) is 4.09. The molecule has 0 unspecified atom stereocenters. The molecule has 0 bridgehead atoms. The number of aromatic nitrogens is 2. The van der Waals surface area contributed by atoms with Crippen molar-refractivity contribution in [3.63, 3.8) is 0 Å². The lowest BCUT2D eigenvalue weighted by Gasteiger charge is -2.19. The van der Waals surface area contributed by atoms with Crippen LogP contribution in [0.2, 0.25) is 0 Å². The molecule has 0 aliphatic carbocycles. The lowest BCUT2D eigenvalue weighted by Crippen LogP contribution is -2.38. The lowest BCUT2D eigenvalue weighted by atomic mass is 10.1. The first-order valence-corrected chi connectivity index (χ1v) is 8.43. The summed E-state index contributed by atoms with van der Waals surface area (Å²) in [5.41, 5.74) is 0.689. The van der Waals surface area contributed by atoms with Gasteiger partial charge in [-0.15, -0.1) is 0 Å². The number of aliphatic carboxylic acids is 1. The summed E-state index contributed by atoms with van der Waals surface area (Å²) in [5.74, 6) is -1.07. The number of rotatable bonds is 6. The molecule has 0 saturated heterocycles. The zero-order valence-corrected chi connectivity index (χ0v) is 15.7. The molecule has 152 valence electrons. The van der Waals surface area contributed by atoms with Gasteiger partial charge in [-0.2, -0.15) is 18.3 Å². The Labute approximate surface area is 159 Å². The topological polar surface area (TPSA) is 87.5 Å². The Morgan fingerprint density at radius 1 is 1.25 bits per heavy atom. The van der Waals surface area contributed by atoms with Crippen LogP contribution in [0.1, 0.15) is 28.9 Å². The van der Waals surface area contributed by atoms with E-state index in [9.17, 15) is 22.8 Å². The van der Waals surface area contributed by atoms with E-state index in [-0.39, 0.29) is 30.8 Å². The Hall–Kier alpha value is -3.04. The number of carboxylic acids is 1. The van der Waals surface area contributed by atoms with Crippen molar-refractivity contribution in [3.8, 4) is 5.69 Å². The van der Waals surface area contributed by atoms with Crippen molar-refractivity contribution in [1.29, 1.82) is 0 Å². The molecule has 10 heteroatoms. The monoisotopic (exact) mass is 398 g/mol. The van der Waals surface area contributed by atoms with Crippen LogP contribution in [0.15, 0.2) is 24.3 Å². The summed E-state index contributed by atoms with van der Waals surface area (Å²) in [7, 11) is 1.37. The summed E-state index contributed by atoms with van der Waals surface area (Å²) in [6.07, 6.45) is -4.86. The van der Waals surface area contributed by atoms with Crippen LogP contribution in [-0.2, 0) is 17.5 Å². The zero-order valence-electron chi connectivity index (χ0n) is 15.7. The molecule has 2 amide bonds. The molecule has 2 N–H and O–H groups in total. The molecule has 2 rings (SSSR count). The minimum atomic E-state index is -4.61. The van der Waals surface area contributed by atoms with Crippen molar-refractivity contribution >= 4 is 12.0 Å². The van der Waals surface area contributed by atoms with Gasteiger partial charge in [-0.1, -0.05) is 6.07 Å². The van der Waals surface area contributed by atoms with E-state index in [1.807, 2.05) is 0 Å². The van der Waals surface area contributed by atoms with E-state index in [1.165, 1.54) is 23.9 Å². The van der Waals surface area contributed by atoms with Gasteiger partial charge in [-0.25, -0.2) is 9.48 Å². The third-order valence-corrected chi connectivity index (χ3v) is 4.09. The highest BCUT2D eigenvalue weighted by molar-refractivity contribution is 5.75. The SMILES string of the molecule is Cc1cc(C)n(-c2ccc(CNC(=O)N(C)CCC(=O)O)c(C(F)(F)F)c2)n1. The molecule has 1 aromatic carbocycles. The Morgan fingerprint density at radius 2 is 1.93 bits per heavy atom. The second-order valence-electron chi connectivity index (χ2n) is 6.40. The molecule has 0 aliphatic rings. The van der Waals surface area contributed by atoms with E-state index >= 15 is 0 Å². The van der Waals surface area contributed by atoms with Crippen LogP contribution in [0, 0.1) is 13.8 Å². The van der Waals surface area contributed by atoms with Crippen LogP contribution in [0.5, 0.6) is 0 Å². The van der Waals surface area contributed by atoms with Crippen molar-refractivity contribution < 1.29 is 27.9 Å². The molecule has 0 atom stereocenters. The Bertz CT molecular complexity index is 877. The van der Waals surface area contributed by atoms with Crippen LogP contribution in [0.4, 0.5) is 18.0 Å². The van der Waals surface area contributed by atoms with Crippen LogP contribution in [-0.4, -0.2) is 45.4 Å². The van der Waals surface area contributed by atoms with E-state index < -0.39 is 23.7 Å². The molecule has 0 fully saturated rings. The lowest BCUT2D eigenvalue weighted by molar-refractivity contribution is -0.138. The first-order valence-electron chi connectivity index (χ1n) is 8.43. The highest BCUT2D eigenvalue weighted by Crippen LogP contribution is 2.33. The summed E-state index contributed by atoms with van der Waals surface area (Å²) in [6, 6.07) is 4.90. The van der Waals surface area contributed by atoms with Gasteiger partial charge in [0.25, 0.3) is 0 Å². The van der Waals surface area contributed by atoms with Crippen LogP contribution >= 0.6 is 0 Å². The van der Waals surface area contributed by atoms with Gasteiger partial charge in [0.1, 0.15) is 0 Å². The molecule has 28 heavy (non-hydrogen) atoms. The Morgan fingerprint density at radius 3 is 2.46 bits per heavy atom. The molecular formula is C18H21F3N4O3. The normalized spacial score (nSPS) is 11.4. The van der Waals surface area contributed by atoms with Crippen LogP contribution in [0.25, 0.3) is 5.69 Å². The first-order chi connectivity index (χ1) is 13.0. The minimum Gasteiger partial charge on any atom is -0.481 e. The molecule has 2 aromatic rings. The second-order valence-corrected chi connectivity index (χ2v) is 6.40. The van der Waals surface area contributed by atoms with Crippen molar-refractivity contribution in [3.05, 3.63) is 46.8 Å². The minimum absolute atomic E-state index is 0.0514. The van der Waals surface area contributed by atoms with Gasteiger partial charge in [0.05, 0.1) is 23.4 Å². The van der Waals surface area contributed by atoms with Gasteiger partial charge in [0.15, 0.2) is 0 Å². The molecule has 0 saturated carbocycles. The van der Waals surface area contributed by atoms with E-state index in [4.69, 9.17) is 5.11 Å². The largest absolute Gasteiger partial charge is 0.481 e. The fraction of sp³-hybridized carbons (Fsp3) is 0.389. The number of urea groups is 1. The van der Waals surface area contributed by atoms with Crippen molar-refractivity contribution in [2.75, 3.05) is 13.6 Å². The van der Waals surface area contributed by atoms with Crippen LogP contribution < -0.4 is 5.32 Å². The molecule has 7 nitrogen and oxygen atoms in total. The maximum atomic E-state index is 13.5. The third kappa shape index (κ3) is 5.24. The van der Waals surface area contributed by atoms with Gasteiger partial charge < -0.3 is 15.3 Å². The average Bonchev–Trinajstić information content (AvgIpc) is 2.94.